The van der Waals surface area contributed by atoms with Crippen molar-refractivity contribution in [1.29, 1.82) is 0 Å². The van der Waals surface area contributed by atoms with Gasteiger partial charge in [0.05, 0.1) is 5.02 Å². The number of hydrogen-bond donors (Lipinski definition) is 0. The molecule has 1 aliphatic rings. The maximum atomic E-state index is 12.4. The largest absolute Gasteiger partial charge is 0.479 e. The summed E-state index contributed by atoms with van der Waals surface area (Å²) < 4.78 is 5.70. The topological polar surface area (TPSA) is 32.8 Å². The van der Waals surface area contributed by atoms with E-state index >= 15 is 0 Å². The lowest BCUT2D eigenvalue weighted by Crippen LogP contribution is -2.51. The van der Waals surface area contributed by atoms with Gasteiger partial charge in [0.2, 0.25) is 0 Å². The summed E-state index contributed by atoms with van der Waals surface area (Å²) in [5, 5.41) is 0.532. The second-order valence-electron chi connectivity index (χ2n) is 5.36. The Bertz CT molecular complexity index is 473. The minimum atomic E-state index is -0.511. The quantitative estimate of drug-likeness (QED) is 0.838. The van der Waals surface area contributed by atoms with Gasteiger partial charge < -0.3 is 9.64 Å². The normalized spacial score (nSPS) is 17.6. The molecule has 116 valence electrons. The first-order chi connectivity index (χ1) is 10.1. The number of halogens is 1. The maximum absolute atomic E-state index is 12.4. The minimum absolute atomic E-state index is 0.0334. The molecule has 0 aliphatic carbocycles. The number of para-hydroxylation sites is 1. The van der Waals surface area contributed by atoms with Gasteiger partial charge >= 0.3 is 0 Å². The first kappa shape index (κ1) is 16.1. The Morgan fingerprint density at radius 1 is 1.29 bits per heavy atom. The molecule has 0 saturated carbocycles. The second-order valence-corrected chi connectivity index (χ2v) is 5.76. The number of carbonyl (C=O) groups excluding carboxylic acids is 1. The molecule has 5 heteroatoms. The fourth-order valence-corrected chi connectivity index (χ4v) is 2.73. The molecule has 1 atom stereocenters. The van der Waals surface area contributed by atoms with E-state index in [9.17, 15) is 4.79 Å². The molecule has 1 aliphatic heterocycles. The van der Waals surface area contributed by atoms with Crippen LogP contribution in [0.2, 0.25) is 5.02 Å². The third-order valence-corrected chi connectivity index (χ3v) is 4.02. The van der Waals surface area contributed by atoms with Crippen LogP contribution in [0.4, 0.5) is 0 Å². The zero-order valence-corrected chi connectivity index (χ0v) is 13.5. The van der Waals surface area contributed by atoms with E-state index in [4.69, 9.17) is 16.3 Å². The fraction of sp³-hybridized carbons (Fsp3) is 0.562. The van der Waals surface area contributed by atoms with Gasteiger partial charge in [0.25, 0.3) is 5.91 Å². The molecule has 1 fully saturated rings. The summed E-state index contributed by atoms with van der Waals surface area (Å²) in [5.74, 6) is 0.593. The first-order valence-electron chi connectivity index (χ1n) is 7.54. The molecule has 0 bridgehead atoms. The first-order valence-corrected chi connectivity index (χ1v) is 7.92. The van der Waals surface area contributed by atoms with E-state index < -0.39 is 6.10 Å². The van der Waals surface area contributed by atoms with Crippen molar-refractivity contribution in [2.24, 2.45) is 0 Å². The zero-order chi connectivity index (χ0) is 15.2. The summed E-state index contributed by atoms with van der Waals surface area (Å²) in [7, 11) is 0. The van der Waals surface area contributed by atoms with Gasteiger partial charge in [0.1, 0.15) is 5.75 Å². The monoisotopic (exact) mass is 310 g/mol. The molecule has 4 nitrogen and oxygen atoms in total. The van der Waals surface area contributed by atoms with Crippen LogP contribution in [-0.4, -0.2) is 54.5 Å². The predicted octanol–water partition coefficient (Wildman–Crippen LogP) is 2.66. The summed E-state index contributed by atoms with van der Waals surface area (Å²) in [5.41, 5.74) is 0. The molecule has 0 N–H and O–H groups in total. The van der Waals surface area contributed by atoms with E-state index in [0.29, 0.717) is 10.8 Å². The van der Waals surface area contributed by atoms with Crippen molar-refractivity contribution in [3.63, 3.8) is 0 Å². The van der Waals surface area contributed by atoms with Crippen molar-refractivity contribution in [3.05, 3.63) is 29.3 Å². The lowest BCUT2D eigenvalue weighted by atomic mass is 10.2. The van der Waals surface area contributed by atoms with Crippen molar-refractivity contribution in [2.45, 2.75) is 26.4 Å². The van der Waals surface area contributed by atoms with Gasteiger partial charge in [-0.3, -0.25) is 9.69 Å². The van der Waals surface area contributed by atoms with Crippen LogP contribution in [0.25, 0.3) is 0 Å². The third kappa shape index (κ3) is 4.35. The van der Waals surface area contributed by atoms with E-state index in [1.54, 1.807) is 19.1 Å². The third-order valence-electron chi connectivity index (χ3n) is 3.71. The molecular formula is C16H23ClN2O2. The lowest BCUT2D eigenvalue weighted by molar-refractivity contribution is -0.139. The van der Waals surface area contributed by atoms with E-state index in [2.05, 4.69) is 11.8 Å². The Labute approximate surface area is 131 Å². The minimum Gasteiger partial charge on any atom is -0.479 e. The summed E-state index contributed by atoms with van der Waals surface area (Å²) in [6.45, 7) is 8.50. The number of rotatable bonds is 5. The number of ether oxygens (including phenoxy) is 1. The molecule has 1 saturated heterocycles. The standard InChI is InChI=1S/C16H23ClN2O2/c1-3-8-18-9-11-19(12-10-18)16(20)13(2)21-15-7-5-4-6-14(15)17/h4-7,13H,3,8-12H2,1-2H3. The summed E-state index contributed by atoms with van der Waals surface area (Å²) in [6.07, 6.45) is 0.641. The summed E-state index contributed by atoms with van der Waals surface area (Å²) in [6, 6.07) is 7.24. The van der Waals surface area contributed by atoms with Crippen LogP contribution in [0.1, 0.15) is 20.3 Å². The molecule has 0 aromatic heterocycles. The van der Waals surface area contributed by atoms with Gasteiger partial charge in [0, 0.05) is 26.2 Å². The average molecular weight is 311 g/mol. The Hall–Kier alpha value is -1.26. The lowest BCUT2D eigenvalue weighted by Gasteiger charge is -2.35. The highest BCUT2D eigenvalue weighted by Gasteiger charge is 2.26. The SMILES string of the molecule is CCCN1CCN(C(=O)C(C)Oc2ccccc2Cl)CC1. The maximum Gasteiger partial charge on any atom is 0.263 e. The predicted molar refractivity (Wildman–Crippen MR) is 84.9 cm³/mol. The highest BCUT2D eigenvalue weighted by atomic mass is 35.5. The molecule has 2 rings (SSSR count). The van der Waals surface area contributed by atoms with Crippen LogP contribution < -0.4 is 4.74 Å². The Kier molecular flexibility index (Phi) is 5.88. The highest BCUT2D eigenvalue weighted by Crippen LogP contribution is 2.24. The van der Waals surface area contributed by atoms with Gasteiger partial charge in [-0.1, -0.05) is 30.7 Å². The molecule has 21 heavy (non-hydrogen) atoms. The zero-order valence-electron chi connectivity index (χ0n) is 12.7. The number of benzene rings is 1. The van der Waals surface area contributed by atoms with E-state index in [0.717, 1.165) is 39.1 Å². The van der Waals surface area contributed by atoms with Crippen LogP contribution in [0.15, 0.2) is 24.3 Å². The molecule has 0 spiro atoms. The van der Waals surface area contributed by atoms with Gasteiger partial charge in [-0.05, 0) is 32.0 Å². The average Bonchev–Trinajstić information content (AvgIpc) is 2.50. The van der Waals surface area contributed by atoms with Crippen molar-refractivity contribution < 1.29 is 9.53 Å². The Morgan fingerprint density at radius 3 is 2.57 bits per heavy atom. The Morgan fingerprint density at radius 2 is 1.95 bits per heavy atom. The Balaban J connectivity index is 1.87. The number of carbonyl (C=O) groups is 1. The van der Waals surface area contributed by atoms with Crippen molar-refractivity contribution in [3.8, 4) is 5.75 Å². The number of piperazine rings is 1. The number of nitrogens with zero attached hydrogens (tertiary/aromatic N) is 2. The van der Waals surface area contributed by atoms with Gasteiger partial charge in [-0.15, -0.1) is 0 Å². The molecule has 1 unspecified atom stereocenters. The molecule has 1 aromatic rings. The molecule has 0 radical (unpaired) electrons. The van der Waals surface area contributed by atoms with Crippen LogP contribution >= 0.6 is 11.6 Å². The van der Waals surface area contributed by atoms with Crippen molar-refractivity contribution in [1.82, 2.24) is 9.80 Å². The molecule has 1 aromatic carbocycles. The molecular weight excluding hydrogens is 288 g/mol. The van der Waals surface area contributed by atoms with E-state index in [-0.39, 0.29) is 5.91 Å². The number of hydrogen-bond acceptors (Lipinski definition) is 3. The van der Waals surface area contributed by atoms with Crippen LogP contribution in [-0.2, 0) is 4.79 Å². The fourth-order valence-electron chi connectivity index (χ4n) is 2.55. The van der Waals surface area contributed by atoms with Crippen LogP contribution in [0.5, 0.6) is 5.75 Å². The van der Waals surface area contributed by atoms with Gasteiger partial charge in [0.15, 0.2) is 6.10 Å². The molecule has 1 amide bonds. The van der Waals surface area contributed by atoms with Gasteiger partial charge in [-0.25, -0.2) is 0 Å². The van der Waals surface area contributed by atoms with Crippen molar-refractivity contribution in [2.75, 3.05) is 32.7 Å². The summed E-state index contributed by atoms with van der Waals surface area (Å²) >= 11 is 6.06. The second kappa shape index (κ2) is 7.66. The van der Waals surface area contributed by atoms with Crippen molar-refractivity contribution >= 4 is 17.5 Å². The molecule has 1 heterocycles. The highest BCUT2D eigenvalue weighted by molar-refractivity contribution is 6.32. The summed E-state index contributed by atoms with van der Waals surface area (Å²) in [4.78, 5) is 16.7. The van der Waals surface area contributed by atoms with Crippen LogP contribution in [0.3, 0.4) is 0 Å². The van der Waals surface area contributed by atoms with Crippen LogP contribution in [0, 0.1) is 0 Å². The number of amides is 1. The van der Waals surface area contributed by atoms with E-state index in [1.807, 2.05) is 17.0 Å². The van der Waals surface area contributed by atoms with Gasteiger partial charge in [-0.2, -0.15) is 0 Å². The smallest absolute Gasteiger partial charge is 0.263 e. The van der Waals surface area contributed by atoms with E-state index in [1.165, 1.54) is 0 Å².